The van der Waals surface area contributed by atoms with Crippen LogP contribution in [-0.4, -0.2) is 17.7 Å². The van der Waals surface area contributed by atoms with Crippen LogP contribution in [0.1, 0.15) is 19.5 Å². The van der Waals surface area contributed by atoms with Gasteiger partial charge < -0.3 is 9.47 Å². The molecular weight excluding hydrogens is 265 g/mol. The van der Waals surface area contributed by atoms with E-state index in [0.29, 0.717) is 24.5 Å². The fraction of sp³-hybridized carbons (Fsp3) is 0.333. The quantitative estimate of drug-likeness (QED) is 0.809. The maximum Gasteiger partial charge on any atom is 0.431 e. The lowest BCUT2D eigenvalue weighted by atomic mass is 10.3. The highest BCUT2D eigenvalue weighted by Crippen LogP contribution is 2.35. The minimum absolute atomic E-state index is 0.512. The average Bonchev–Trinajstić information content (AvgIpc) is 2.86. The van der Waals surface area contributed by atoms with Gasteiger partial charge in [0.15, 0.2) is 0 Å². The number of aromatic nitrogens is 1. The summed E-state index contributed by atoms with van der Waals surface area (Å²) < 4.78 is 40.7. The van der Waals surface area contributed by atoms with Crippen molar-refractivity contribution < 1.29 is 13.2 Å². The molecule has 0 aliphatic rings. The molecule has 0 saturated heterocycles. The van der Waals surface area contributed by atoms with Gasteiger partial charge in [0, 0.05) is 25.0 Å². The zero-order valence-electron chi connectivity index (χ0n) is 11.5. The van der Waals surface area contributed by atoms with E-state index in [0.717, 1.165) is 0 Å². The van der Waals surface area contributed by atoms with Gasteiger partial charge in [0.1, 0.15) is 5.69 Å². The SMILES string of the molecule is CCN(CC)c1cc(C(F)(F)F)n(-c2ccccc2)c1. The van der Waals surface area contributed by atoms with Crippen LogP contribution in [0.15, 0.2) is 42.6 Å². The van der Waals surface area contributed by atoms with Crippen LogP contribution in [0.5, 0.6) is 0 Å². The standard InChI is InChI=1S/C15H17F3N2/c1-3-19(4-2)13-10-14(15(16,17)18)20(11-13)12-8-6-5-7-9-12/h5-11H,3-4H2,1-2H3. The van der Waals surface area contributed by atoms with E-state index in [-0.39, 0.29) is 0 Å². The first-order valence-electron chi connectivity index (χ1n) is 6.57. The van der Waals surface area contributed by atoms with Gasteiger partial charge in [-0.2, -0.15) is 13.2 Å². The van der Waals surface area contributed by atoms with Crippen LogP contribution >= 0.6 is 0 Å². The minimum atomic E-state index is -4.37. The van der Waals surface area contributed by atoms with E-state index in [1.54, 1.807) is 36.5 Å². The summed E-state index contributed by atoms with van der Waals surface area (Å²) in [6.45, 7) is 5.20. The maximum absolute atomic E-state index is 13.2. The second kappa shape index (κ2) is 5.61. The zero-order valence-corrected chi connectivity index (χ0v) is 11.5. The van der Waals surface area contributed by atoms with Gasteiger partial charge in [-0.05, 0) is 32.0 Å². The summed E-state index contributed by atoms with van der Waals surface area (Å²) in [7, 11) is 0. The van der Waals surface area contributed by atoms with Gasteiger partial charge in [0.2, 0.25) is 0 Å². The molecule has 0 atom stereocenters. The Morgan fingerprint density at radius 1 is 1.05 bits per heavy atom. The normalized spacial score (nSPS) is 11.7. The molecule has 5 heteroatoms. The monoisotopic (exact) mass is 282 g/mol. The van der Waals surface area contributed by atoms with Gasteiger partial charge in [-0.15, -0.1) is 0 Å². The summed E-state index contributed by atoms with van der Waals surface area (Å²) >= 11 is 0. The Morgan fingerprint density at radius 3 is 2.15 bits per heavy atom. The van der Waals surface area contributed by atoms with E-state index in [2.05, 4.69) is 0 Å². The molecule has 0 spiro atoms. The van der Waals surface area contributed by atoms with E-state index in [1.165, 1.54) is 10.6 Å². The van der Waals surface area contributed by atoms with Crippen molar-refractivity contribution in [3.8, 4) is 5.69 Å². The van der Waals surface area contributed by atoms with Crippen LogP contribution in [-0.2, 0) is 6.18 Å². The molecule has 20 heavy (non-hydrogen) atoms. The molecule has 0 radical (unpaired) electrons. The lowest BCUT2D eigenvalue weighted by molar-refractivity contribution is -0.142. The lowest BCUT2D eigenvalue weighted by Crippen LogP contribution is -2.21. The number of halogens is 3. The lowest BCUT2D eigenvalue weighted by Gasteiger charge is -2.18. The van der Waals surface area contributed by atoms with Gasteiger partial charge in [0.05, 0.1) is 5.69 Å². The first kappa shape index (κ1) is 14.5. The van der Waals surface area contributed by atoms with Crippen molar-refractivity contribution in [1.82, 2.24) is 4.57 Å². The number of alkyl halides is 3. The number of hydrogen-bond donors (Lipinski definition) is 0. The molecule has 1 heterocycles. The Kier molecular flexibility index (Phi) is 4.06. The van der Waals surface area contributed by atoms with E-state index in [4.69, 9.17) is 0 Å². The molecule has 0 amide bonds. The molecule has 0 fully saturated rings. The van der Waals surface area contributed by atoms with E-state index < -0.39 is 11.9 Å². The fourth-order valence-corrected chi connectivity index (χ4v) is 2.23. The molecular formula is C15H17F3N2. The molecule has 1 aromatic heterocycles. The smallest absolute Gasteiger partial charge is 0.371 e. The Balaban J connectivity index is 2.55. The van der Waals surface area contributed by atoms with E-state index in [1.807, 2.05) is 18.7 Å². The van der Waals surface area contributed by atoms with Crippen LogP contribution in [0, 0.1) is 0 Å². The van der Waals surface area contributed by atoms with Crippen LogP contribution in [0.3, 0.4) is 0 Å². The fourth-order valence-electron chi connectivity index (χ4n) is 2.23. The largest absolute Gasteiger partial charge is 0.431 e. The number of para-hydroxylation sites is 1. The van der Waals surface area contributed by atoms with Gasteiger partial charge in [-0.1, -0.05) is 18.2 Å². The first-order valence-corrected chi connectivity index (χ1v) is 6.57. The number of nitrogens with zero attached hydrogens (tertiary/aromatic N) is 2. The third kappa shape index (κ3) is 2.81. The van der Waals surface area contributed by atoms with Crippen molar-refractivity contribution >= 4 is 5.69 Å². The summed E-state index contributed by atoms with van der Waals surface area (Å²) in [5.74, 6) is 0. The third-order valence-corrected chi connectivity index (χ3v) is 3.26. The third-order valence-electron chi connectivity index (χ3n) is 3.26. The highest BCUT2D eigenvalue weighted by Gasteiger charge is 2.35. The van der Waals surface area contributed by atoms with E-state index >= 15 is 0 Å². The molecule has 0 aliphatic carbocycles. The highest BCUT2D eigenvalue weighted by molar-refractivity contribution is 5.52. The van der Waals surface area contributed by atoms with Gasteiger partial charge in [-0.25, -0.2) is 0 Å². The summed E-state index contributed by atoms with van der Waals surface area (Å²) in [5, 5.41) is 0. The molecule has 0 aliphatic heterocycles. The molecule has 0 unspecified atom stereocenters. The average molecular weight is 282 g/mol. The molecule has 0 N–H and O–H groups in total. The first-order chi connectivity index (χ1) is 9.47. The molecule has 2 rings (SSSR count). The second-order valence-electron chi connectivity index (χ2n) is 4.46. The van der Waals surface area contributed by atoms with E-state index in [9.17, 15) is 13.2 Å². The van der Waals surface area contributed by atoms with Crippen molar-refractivity contribution in [3.63, 3.8) is 0 Å². The molecule has 108 valence electrons. The second-order valence-corrected chi connectivity index (χ2v) is 4.46. The molecule has 0 bridgehead atoms. The van der Waals surface area contributed by atoms with Crippen LogP contribution in [0.25, 0.3) is 5.69 Å². The van der Waals surface area contributed by atoms with Crippen molar-refractivity contribution in [3.05, 3.63) is 48.3 Å². The van der Waals surface area contributed by atoms with Gasteiger partial charge in [-0.3, -0.25) is 0 Å². The maximum atomic E-state index is 13.2. The summed E-state index contributed by atoms with van der Waals surface area (Å²) in [6, 6.07) is 9.78. The summed E-state index contributed by atoms with van der Waals surface area (Å²) in [6.07, 6.45) is -2.83. The topological polar surface area (TPSA) is 8.17 Å². The molecule has 1 aromatic carbocycles. The van der Waals surface area contributed by atoms with Crippen molar-refractivity contribution in [2.45, 2.75) is 20.0 Å². The minimum Gasteiger partial charge on any atom is -0.371 e. The molecule has 0 saturated carbocycles. The Bertz CT molecular complexity index is 554. The molecule has 2 nitrogen and oxygen atoms in total. The molecule has 2 aromatic rings. The predicted octanol–water partition coefficient (Wildman–Crippen LogP) is 4.34. The van der Waals surface area contributed by atoms with Gasteiger partial charge in [0.25, 0.3) is 0 Å². The number of benzene rings is 1. The number of rotatable bonds is 4. The van der Waals surface area contributed by atoms with Gasteiger partial charge >= 0.3 is 6.18 Å². The zero-order chi connectivity index (χ0) is 14.8. The van der Waals surface area contributed by atoms with Crippen LogP contribution < -0.4 is 4.90 Å². The van der Waals surface area contributed by atoms with Crippen molar-refractivity contribution in [2.24, 2.45) is 0 Å². The summed E-state index contributed by atoms with van der Waals surface area (Å²) in [5.41, 5.74) is 0.454. The Labute approximate surface area is 116 Å². The Hall–Kier alpha value is -1.91. The number of hydrogen-bond acceptors (Lipinski definition) is 1. The summed E-state index contributed by atoms with van der Waals surface area (Å²) in [4.78, 5) is 1.90. The van der Waals surface area contributed by atoms with Crippen LogP contribution in [0.4, 0.5) is 18.9 Å². The predicted molar refractivity (Wildman–Crippen MR) is 74.3 cm³/mol. The van der Waals surface area contributed by atoms with Crippen molar-refractivity contribution in [1.29, 1.82) is 0 Å². The number of anilines is 1. The van der Waals surface area contributed by atoms with Crippen LogP contribution in [0.2, 0.25) is 0 Å². The Morgan fingerprint density at radius 2 is 1.65 bits per heavy atom. The highest BCUT2D eigenvalue weighted by atomic mass is 19.4. The van der Waals surface area contributed by atoms with Crippen molar-refractivity contribution in [2.75, 3.05) is 18.0 Å².